The average Bonchev–Trinajstić information content (AvgIpc) is 3.34. The smallest absolute Gasteiger partial charge is 0.408 e. The first-order chi connectivity index (χ1) is 16.6. The molecule has 1 aliphatic heterocycles. The Hall–Kier alpha value is -3.32. The van der Waals surface area contributed by atoms with Crippen molar-refractivity contribution in [3.05, 3.63) is 36.7 Å². The van der Waals surface area contributed by atoms with Crippen LogP contribution in [-0.2, 0) is 10.0 Å². The van der Waals surface area contributed by atoms with E-state index in [1.807, 2.05) is 0 Å². The molecule has 9 nitrogen and oxygen atoms in total. The van der Waals surface area contributed by atoms with Crippen molar-refractivity contribution in [3.8, 4) is 11.5 Å². The fourth-order valence-corrected chi connectivity index (χ4v) is 4.91. The summed E-state index contributed by atoms with van der Waals surface area (Å²) >= 11 is 0. The van der Waals surface area contributed by atoms with Crippen LogP contribution in [0.1, 0.15) is 12.8 Å². The van der Waals surface area contributed by atoms with Gasteiger partial charge in [-0.15, -0.1) is 0 Å². The molecule has 0 aliphatic carbocycles. The summed E-state index contributed by atoms with van der Waals surface area (Å²) in [5.41, 5.74) is 0.870. The monoisotopic (exact) mass is 511 g/mol. The molecule has 0 saturated carbocycles. The Balaban J connectivity index is 1.87. The molecule has 1 atom stereocenters. The van der Waals surface area contributed by atoms with E-state index in [4.69, 9.17) is 9.47 Å². The lowest BCUT2D eigenvalue weighted by Crippen LogP contribution is -2.41. The van der Waals surface area contributed by atoms with Gasteiger partial charge in [-0.1, -0.05) is 0 Å². The number of benzene rings is 2. The summed E-state index contributed by atoms with van der Waals surface area (Å²) < 4.78 is 78.9. The lowest BCUT2D eigenvalue weighted by Gasteiger charge is -2.30. The highest BCUT2D eigenvalue weighted by molar-refractivity contribution is 7.89. The fourth-order valence-electron chi connectivity index (χ4n) is 4.16. The summed E-state index contributed by atoms with van der Waals surface area (Å²) in [5.74, 6) is 1.11. The fraction of sp³-hybridized carbons (Fsp3) is 0.364. The normalized spacial score (nSPS) is 16.5. The van der Waals surface area contributed by atoms with E-state index >= 15 is 0 Å². The molecule has 1 fully saturated rings. The van der Waals surface area contributed by atoms with Gasteiger partial charge in [-0.25, -0.2) is 23.1 Å². The standard InChI is InChI=1S/C22H24F3N5O4S/c1-26-35(31,32)13-6-7-17(30-8-4-5-20(30)22(23,24)25)16(9-13)29-21-14-10-18(33-2)19(34-3)11-15(14)27-12-28-21/h6-7,9-12,20,26H,4-5,8H2,1-3H3,(H,27,28,29)/t20-/m1/s1. The molecule has 4 rings (SSSR count). The minimum Gasteiger partial charge on any atom is -0.493 e. The van der Waals surface area contributed by atoms with Crippen molar-refractivity contribution in [2.24, 2.45) is 0 Å². The van der Waals surface area contributed by atoms with E-state index in [-0.39, 0.29) is 35.1 Å². The first-order valence-electron chi connectivity index (χ1n) is 10.6. The Morgan fingerprint density at radius 3 is 2.46 bits per heavy atom. The van der Waals surface area contributed by atoms with Gasteiger partial charge >= 0.3 is 6.18 Å². The molecular weight excluding hydrogens is 487 g/mol. The first kappa shape index (κ1) is 24.8. The molecule has 13 heteroatoms. The van der Waals surface area contributed by atoms with Gasteiger partial charge in [0.05, 0.1) is 36.0 Å². The number of nitrogens with zero attached hydrogens (tertiary/aromatic N) is 3. The van der Waals surface area contributed by atoms with Gasteiger partial charge in [0, 0.05) is 18.0 Å². The molecule has 1 aliphatic rings. The molecule has 0 amide bonds. The molecule has 2 N–H and O–H groups in total. The van der Waals surface area contributed by atoms with Crippen LogP contribution in [0.4, 0.5) is 30.4 Å². The molecule has 1 aromatic heterocycles. The maximum absolute atomic E-state index is 13.7. The lowest BCUT2D eigenvalue weighted by molar-refractivity contribution is -0.145. The van der Waals surface area contributed by atoms with E-state index in [1.165, 1.54) is 50.7 Å². The predicted molar refractivity (Wildman–Crippen MR) is 125 cm³/mol. The van der Waals surface area contributed by atoms with Crippen molar-refractivity contribution < 1.29 is 31.1 Å². The lowest BCUT2D eigenvalue weighted by atomic mass is 10.1. The third kappa shape index (κ3) is 4.78. The number of fused-ring (bicyclic) bond motifs is 1. The molecule has 2 aromatic carbocycles. The van der Waals surface area contributed by atoms with Crippen molar-refractivity contribution in [2.45, 2.75) is 30.0 Å². The first-order valence-corrected chi connectivity index (χ1v) is 12.1. The highest BCUT2D eigenvalue weighted by atomic mass is 32.2. The molecule has 2 heterocycles. The number of methoxy groups -OCH3 is 2. The predicted octanol–water partition coefficient (Wildman–Crippen LogP) is 3.83. The molecule has 188 valence electrons. The Morgan fingerprint density at radius 2 is 1.80 bits per heavy atom. The van der Waals surface area contributed by atoms with Gasteiger partial charge in [-0.05, 0) is 44.2 Å². The molecule has 0 spiro atoms. The summed E-state index contributed by atoms with van der Waals surface area (Å²) in [6, 6.07) is 5.55. The summed E-state index contributed by atoms with van der Waals surface area (Å²) in [6.07, 6.45) is -2.84. The number of hydrogen-bond acceptors (Lipinski definition) is 8. The van der Waals surface area contributed by atoms with Crippen LogP contribution in [0.25, 0.3) is 10.9 Å². The number of anilines is 3. The highest BCUT2D eigenvalue weighted by Gasteiger charge is 2.46. The molecule has 3 aromatic rings. The van der Waals surface area contributed by atoms with Crippen LogP contribution in [0.5, 0.6) is 11.5 Å². The number of nitrogens with one attached hydrogen (secondary N) is 2. The minimum atomic E-state index is -4.44. The van der Waals surface area contributed by atoms with Crippen LogP contribution in [0, 0.1) is 0 Å². The molecule has 0 unspecified atom stereocenters. The van der Waals surface area contributed by atoms with E-state index < -0.39 is 22.2 Å². The number of halogens is 3. The average molecular weight is 512 g/mol. The van der Waals surface area contributed by atoms with Crippen LogP contribution >= 0.6 is 0 Å². The molecule has 0 radical (unpaired) electrons. The Morgan fingerprint density at radius 1 is 1.09 bits per heavy atom. The molecular formula is C22H24F3N5O4S. The van der Waals surface area contributed by atoms with Gasteiger partial charge in [0.15, 0.2) is 11.5 Å². The zero-order valence-electron chi connectivity index (χ0n) is 19.2. The van der Waals surface area contributed by atoms with E-state index in [1.54, 1.807) is 12.1 Å². The van der Waals surface area contributed by atoms with Gasteiger partial charge in [-0.3, -0.25) is 0 Å². The summed E-state index contributed by atoms with van der Waals surface area (Å²) in [7, 11) is 0.352. The van der Waals surface area contributed by atoms with Crippen LogP contribution < -0.4 is 24.4 Å². The molecule has 0 bridgehead atoms. The molecule has 1 saturated heterocycles. The van der Waals surface area contributed by atoms with Gasteiger partial charge in [0.25, 0.3) is 0 Å². The Kier molecular flexibility index (Phi) is 6.64. The summed E-state index contributed by atoms with van der Waals surface area (Å²) in [5, 5.41) is 3.55. The summed E-state index contributed by atoms with van der Waals surface area (Å²) in [4.78, 5) is 9.62. The van der Waals surface area contributed by atoms with Crippen molar-refractivity contribution >= 4 is 38.1 Å². The third-order valence-electron chi connectivity index (χ3n) is 5.88. The maximum Gasteiger partial charge on any atom is 0.408 e. The van der Waals surface area contributed by atoms with Gasteiger partial charge < -0.3 is 19.7 Å². The maximum atomic E-state index is 13.7. The number of rotatable bonds is 7. The van der Waals surface area contributed by atoms with Gasteiger partial charge in [-0.2, -0.15) is 13.2 Å². The van der Waals surface area contributed by atoms with E-state index in [2.05, 4.69) is 20.0 Å². The number of alkyl halides is 3. The number of ether oxygens (including phenoxy) is 2. The number of sulfonamides is 1. The Bertz CT molecular complexity index is 1350. The van der Waals surface area contributed by atoms with Crippen molar-refractivity contribution in [1.82, 2.24) is 14.7 Å². The SMILES string of the molecule is CNS(=O)(=O)c1ccc(N2CCC[C@@H]2C(F)(F)F)c(Nc2ncnc3cc(OC)c(OC)cc23)c1. The minimum absolute atomic E-state index is 0.0487. The van der Waals surface area contributed by atoms with Crippen molar-refractivity contribution in [1.29, 1.82) is 0 Å². The second-order valence-corrected chi connectivity index (χ2v) is 9.74. The van der Waals surface area contributed by atoms with E-state index in [0.29, 0.717) is 28.8 Å². The topological polar surface area (TPSA) is 106 Å². The number of aromatic nitrogens is 2. The highest BCUT2D eigenvalue weighted by Crippen LogP contribution is 2.41. The van der Waals surface area contributed by atoms with Crippen LogP contribution in [0.15, 0.2) is 41.6 Å². The van der Waals surface area contributed by atoms with Crippen LogP contribution in [0.3, 0.4) is 0 Å². The quantitative estimate of drug-likeness (QED) is 0.493. The van der Waals surface area contributed by atoms with Crippen molar-refractivity contribution in [2.75, 3.05) is 38.0 Å². The largest absolute Gasteiger partial charge is 0.493 e. The van der Waals surface area contributed by atoms with Crippen molar-refractivity contribution in [3.63, 3.8) is 0 Å². The van der Waals surface area contributed by atoms with Gasteiger partial charge in [0.2, 0.25) is 10.0 Å². The second kappa shape index (κ2) is 9.38. The zero-order chi connectivity index (χ0) is 25.4. The van der Waals surface area contributed by atoms with E-state index in [0.717, 1.165) is 0 Å². The van der Waals surface area contributed by atoms with Gasteiger partial charge in [0.1, 0.15) is 18.2 Å². The molecule has 35 heavy (non-hydrogen) atoms. The summed E-state index contributed by atoms with van der Waals surface area (Å²) in [6.45, 7) is 0.173. The third-order valence-corrected chi connectivity index (χ3v) is 7.29. The van der Waals surface area contributed by atoms with Crippen LogP contribution in [0.2, 0.25) is 0 Å². The second-order valence-electron chi connectivity index (χ2n) is 7.85. The Labute approximate surface area is 200 Å². The number of hydrogen-bond donors (Lipinski definition) is 2. The van der Waals surface area contributed by atoms with Crippen LogP contribution in [-0.4, -0.2) is 58.4 Å². The van der Waals surface area contributed by atoms with E-state index in [9.17, 15) is 21.6 Å². The zero-order valence-corrected chi connectivity index (χ0v) is 20.0.